The minimum Gasteiger partial charge on any atom is -0.481 e. The van der Waals surface area contributed by atoms with E-state index in [1.807, 2.05) is 13.8 Å². The standard InChI is InChI=1S/C15H29N3O3/c1-5-17(6-2)12-7-8-18(10-12)15(21)16-9-13(11(3)4)14(19)20/h11-13H,5-10H2,1-4H3,(H,16,21)(H,19,20). The highest BCUT2D eigenvalue weighted by atomic mass is 16.4. The van der Waals surface area contributed by atoms with E-state index in [0.717, 1.165) is 32.6 Å². The zero-order valence-electron chi connectivity index (χ0n) is 13.6. The van der Waals surface area contributed by atoms with Gasteiger partial charge in [-0.1, -0.05) is 27.7 Å². The molecule has 0 radical (unpaired) electrons. The van der Waals surface area contributed by atoms with Gasteiger partial charge in [0.05, 0.1) is 5.92 Å². The Hall–Kier alpha value is -1.30. The van der Waals surface area contributed by atoms with Gasteiger partial charge in [0.25, 0.3) is 0 Å². The number of likely N-dealkylation sites (N-methyl/N-ethyl adjacent to an activating group) is 1. The number of carboxylic acids is 1. The molecule has 1 saturated heterocycles. The molecule has 0 saturated carbocycles. The molecule has 1 fully saturated rings. The number of amides is 2. The largest absolute Gasteiger partial charge is 0.481 e. The van der Waals surface area contributed by atoms with E-state index < -0.39 is 11.9 Å². The van der Waals surface area contributed by atoms with Gasteiger partial charge in [0.1, 0.15) is 0 Å². The Kier molecular flexibility index (Phi) is 6.95. The SMILES string of the molecule is CCN(CC)C1CCN(C(=O)NCC(C(=O)O)C(C)C)C1. The molecule has 6 nitrogen and oxygen atoms in total. The summed E-state index contributed by atoms with van der Waals surface area (Å²) in [6, 6.07) is 0.280. The lowest BCUT2D eigenvalue weighted by molar-refractivity contribution is -0.142. The van der Waals surface area contributed by atoms with Crippen LogP contribution in [0.1, 0.15) is 34.1 Å². The van der Waals surface area contributed by atoms with Gasteiger partial charge >= 0.3 is 12.0 Å². The molecule has 1 aliphatic heterocycles. The fourth-order valence-electron chi connectivity index (χ4n) is 2.88. The van der Waals surface area contributed by atoms with E-state index in [1.165, 1.54) is 0 Å². The van der Waals surface area contributed by atoms with Crippen LogP contribution >= 0.6 is 0 Å². The molecule has 0 aliphatic carbocycles. The zero-order chi connectivity index (χ0) is 16.0. The first-order chi connectivity index (χ1) is 9.90. The van der Waals surface area contributed by atoms with E-state index >= 15 is 0 Å². The Morgan fingerprint density at radius 1 is 1.33 bits per heavy atom. The van der Waals surface area contributed by atoms with E-state index in [4.69, 9.17) is 5.11 Å². The fourth-order valence-corrected chi connectivity index (χ4v) is 2.88. The number of urea groups is 1. The highest BCUT2D eigenvalue weighted by Gasteiger charge is 2.30. The van der Waals surface area contributed by atoms with Crippen molar-refractivity contribution in [2.45, 2.75) is 40.2 Å². The molecule has 2 unspecified atom stereocenters. The molecule has 0 aromatic rings. The number of carbonyl (C=O) groups excluding carboxylic acids is 1. The third-order valence-corrected chi connectivity index (χ3v) is 4.37. The third-order valence-electron chi connectivity index (χ3n) is 4.37. The second-order valence-corrected chi connectivity index (χ2v) is 5.98. The summed E-state index contributed by atoms with van der Waals surface area (Å²) in [5.41, 5.74) is 0. The zero-order valence-corrected chi connectivity index (χ0v) is 13.6. The van der Waals surface area contributed by atoms with Gasteiger partial charge in [-0.3, -0.25) is 9.69 Å². The second kappa shape index (κ2) is 8.22. The smallest absolute Gasteiger partial charge is 0.317 e. The van der Waals surface area contributed by atoms with Crippen molar-refractivity contribution in [2.75, 3.05) is 32.7 Å². The van der Waals surface area contributed by atoms with Crippen LogP contribution in [0.5, 0.6) is 0 Å². The first kappa shape index (κ1) is 17.8. The maximum atomic E-state index is 12.1. The van der Waals surface area contributed by atoms with Crippen molar-refractivity contribution >= 4 is 12.0 Å². The Bertz CT molecular complexity index is 356. The molecular weight excluding hydrogens is 270 g/mol. The monoisotopic (exact) mass is 299 g/mol. The molecule has 0 spiro atoms. The maximum Gasteiger partial charge on any atom is 0.317 e. The lowest BCUT2D eigenvalue weighted by Gasteiger charge is -2.26. The number of nitrogens with one attached hydrogen (secondary N) is 1. The lowest BCUT2D eigenvalue weighted by atomic mass is 9.96. The van der Waals surface area contributed by atoms with Gasteiger partial charge in [-0.2, -0.15) is 0 Å². The summed E-state index contributed by atoms with van der Waals surface area (Å²) in [5, 5.41) is 11.9. The predicted octanol–water partition coefficient (Wildman–Crippen LogP) is 1.47. The van der Waals surface area contributed by atoms with Crippen LogP contribution in [0.25, 0.3) is 0 Å². The number of nitrogens with zero attached hydrogens (tertiary/aromatic N) is 2. The average molecular weight is 299 g/mol. The van der Waals surface area contributed by atoms with Crippen molar-refractivity contribution in [1.82, 2.24) is 15.1 Å². The summed E-state index contributed by atoms with van der Waals surface area (Å²) in [6.07, 6.45) is 0.988. The summed E-state index contributed by atoms with van der Waals surface area (Å²) in [6.45, 7) is 11.6. The molecule has 0 aromatic heterocycles. The number of rotatable bonds is 7. The quantitative estimate of drug-likeness (QED) is 0.746. The van der Waals surface area contributed by atoms with Crippen LogP contribution in [0.15, 0.2) is 0 Å². The van der Waals surface area contributed by atoms with Crippen LogP contribution in [-0.2, 0) is 4.79 Å². The van der Waals surface area contributed by atoms with Gasteiger partial charge in [0.2, 0.25) is 0 Å². The van der Waals surface area contributed by atoms with E-state index in [1.54, 1.807) is 4.90 Å². The first-order valence-electron chi connectivity index (χ1n) is 7.90. The van der Waals surface area contributed by atoms with Crippen LogP contribution in [0.3, 0.4) is 0 Å². The van der Waals surface area contributed by atoms with Crippen LogP contribution in [0.2, 0.25) is 0 Å². The fraction of sp³-hybridized carbons (Fsp3) is 0.867. The molecule has 1 rings (SSSR count). The van der Waals surface area contributed by atoms with Crippen LogP contribution < -0.4 is 5.32 Å². The molecule has 2 amide bonds. The van der Waals surface area contributed by atoms with Gasteiger partial charge < -0.3 is 15.3 Å². The molecule has 1 heterocycles. The van der Waals surface area contributed by atoms with E-state index in [0.29, 0.717) is 6.04 Å². The minimum atomic E-state index is -0.854. The number of likely N-dealkylation sites (tertiary alicyclic amines) is 1. The average Bonchev–Trinajstić information content (AvgIpc) is 2.89. The van der Waals surface area contributed by atoms with Gasteiger partial charge in [-0.05, 0) is 25.4 Å². The summed E-state index contributed by atoms with van der Waals surface area (Å²) in [5.74, 6) is -1.38. The van der Waals surface area contributed by atoms with Crippen molar-refractivity contribution in [3.63, 3.8) is 0 Å². The first-order valence-corrected chi connectivity index (χ1v) is 7.90. The van der Waals surface area contributed by atoms with Crippen molar-refractivity contribution in [2.24, 2.45) is 11.8 Å². The number of hydrogen-bond acceptors (Lipinski definition) is 3. The lowest BCUT2D eigenvalue weighted by Crippen LogP contribution is -2.44. The maximum absolute atomic E-state index is 12.1. The Balaban J connectivity index is 2.45. The highest BCUT2D eigenvalue weighted by molar-refractivity contribution is 5.76. The third kappa shape index (κ3) is 4.88. The second-order valence-electron chi connectivity index (χ2n) is 5.98. The Morgan fingerprint density at radius 3 is 2.43 bits per heavy atom. The topological polar surface area (TPSA) is 72.9 Å². The summed E-state index contributed by atoms with van der Waals surface area (Å²) < 4.78 is 0. The Morgan fingerprint density at radius 2 is 1.95 bits per heavy atom. The van der Waals surface area contributed by atoms with Crippen LogP contribution in [0.4, 0.5) is 4.79 Å². The number of carboxylic acid groups (broad SMARTS) is 1. The minimum absolute atomic E-state index is 0.00445. The molecule has 122 valence electrons. The van der Waals surface area contributed by atoms with Crippen molar-refractivity contribution in [3.05, 3.63) is 0 Å². The molecule has 1 aliphatic rings. The van der Waals surface area contributed by atoms with E-state index in [-0.39, 0.29) is 18.5 Å². The van der Waals surface area contributed by atoms with Gasteiger partial charge in [0.15, 0.2) is 0 Å². The number of hydrogen-bond donors (Lipinski definition) is 2. The number of carbonyl (C=O) groups is 2. The molecule has 0 bridgehead atoms. The molecule has 0 aromatic carbocycles. The van der Waals surface area contributed by atoms with Crippen molar-refractivity contribution < 1.29 is 14.7 Å². The van der Waals surface area contributed by atoms with E-state index in [2.05, 4.69) is 24.1 Å². The molecule has 2 atom stereocenters. The molecule has 2 N–H and O–H groups in total. The number of aliphatic carboxylic acids is 1. The van der Waals surface area contributed by atoms with Crippen LogP contribution in [0, 0.1) is 11.8 Å². The van der Waals surface area contributed by atoms with E-state index in [9.17, 15) is 9.59 Å². The molecular formula is C15H29N3O3. The summed E-state index contributed by atoms with van der Waals surface area (Å²) in [4.78, 5) is 27.4. The highest BCUT2D eigenvalue weighted by Crippen LogP contribution is 2.16. The summed E-state index contributed by atoms with van der Waals surface area (Å²) in [7, 11) is 0. The normalized spacial score (nSPS) is 20.1. The van der Waals surface area contributed by atoms with Gasteiger partial charge in [-0.25, -0.2) is 4.79 Å². The molecule has 6 heteroatoms. The van der Waals surface area contributed by atoms with Gasteiger partial charge in [-0.15, -0.1) is 0 Å². The summed E-state index contributed by atoms with van der Waals surface area (Å²) >= 11 is 0. The van der Waals surface area contributed by atoms with Crippen molar-refractivity contribution in [1.29, 1.82) is 0 Å². The van der Waals surface area contributed by atoms with Crippen LogP contribution in [-0.4, -0.2) is 65.7 Å². The van der Waals surface area contributed by atoms with Gasteiger partial charge in [0, 0.05) is 25.7 Å². The Labute approximate surface area is 127 Å². The predicted molar refractivity (Wildman–Crippen MR) is 82.3 cm³/mol. The van der Waals surface area contributed by atoms with Crippen molar-refractivity contribution in [3.8, 4) is 0 Å². The molecule has 21 heavy (non-hydrogen) atoms.